The van der Waals surface area contributed by atoms with Crippen molar-refractivity contribution in [1.29, 1.82) is 0 Å². The van der Waals surface area contributed by atoms with Gasteiger partial charge in [-0.1, -0.05) is 30.3 Å². The number of guanidine groups is 1. The smallest absolute Gasteiger partial charge is 0.191 e. The van der Waals surface area contributed by atoms with Crippen LogP contribution < -0.4 is 10.6 Å². The minimum Gasteiger partial charge on any atom is -0.380 e. The summed E-state index contributed by atoms with van der Waals surface area (Å²) in [6, 6.07) is 13.4. The van der Waals surface area contributed by atoms with Gasteiger partial charge in [-0.15, -0.1) is 11.3 Å². The van der Waals surface area contributed by atoms with Gasteiger partial charge in [0.1, 0.15) is 0 Å². The van der Waals surface area contributed by atoms with Crippen molar-refractivity contribution < 1.29 is 4.74 Å². The van der Waals surface area contributed by atoms with E-state index in [9.17, 15) is 0 Å². The van der Waals surface area contributed by atoms with Crippen molar-refractivity contribution in [3.8, 4) is 0 Å². The van der Waals surface area contributed by atoms with Crippen molar-refractivity contribution >= 4 is 17.3 Å². The van der Waals surface area contributed by atoms with Crippen LogP contribution in [-0.2, 0) is 17.9 Å². The summed E-state index contributed by atoms with van der Waals surface area (Å²) in [5, 5.41) is 9.18. The lowest BCUT2D eigenvalue weighted by molar-refractivity contribution is 0.125. The third kappa shape index (κ3) is 5.56. The quantitative estimate of drug-likeness (QED) is 0.550. The van der Waals surface area contributed by atoms with E-state index in [2.05, 4.69) is 69.4 Å². The van der Waals surface area contributed by atoms with Crippen LogP contribution in [0, 0.1) is 5.92 Å². The molecule has 1 aromatic heterocycles. The van der Waals surface area contributed by atoms with Crippen LogP contribution in [0.25, 0.3) is 0 Å². The number of aliphatic imine (C=N–C) groups is 1. The molecule has 0 aliphatic carbocycles. The van der Waals surface area contributed by atoms with Gasteiger partial charge >= 0.3 is 0 Å². The Labute approximate surface area is 172 Å². The summed E-state index contributed by atoms with van der Waals surface area (Å²) in [5.41, 5.74) is 2.42. The highest BCUT2D eigenvalue weighted by molar-refractivity contribution is 7.10. The number of thiophene rings is 1. The number of nitrogens with zero attached hydrogens (tertiary/aromatic N) is 2. The van der Waals surface area contributed by atoms with E-state index >= 15 is 0 Å². The van der Waals surface area contributed by atoms with Gasteiger partial charge in [0.2, 0.25) is 0 Å². The molecule has 0 saturated carbocycles. The van der Waals surface area contributed by atoms with Crippen molar-refractivity contribution in [1.82, 2.24) is 15.5 Å². The van der Waals surface area contributed by atoms with Gasteiger partial charge in [0, 0.05) is 38.2 Å². The number of rotatable bonds is 7. The molecule has 0 amide bonds. The van der Waals surface area contributed by atoms with Gasteiger partial charge in [-0.05, 0) is 54.9 Å². The van der Waals surface area contributed by atoms with Crippen molar-refractivity contribution in [2.75, 3.05) is 34.3 Å². The first-order valence-electron chi connectivity index (χ1n) is 9.96. The monoisotopic (exact) mass is 400 g/mol. The largest absolute Gasteiger partial charge is 0.380 e. The minimum absolute atomic E-state index is 0.491. The first-order valence-corrected chi connectivity index (χ1v) is 10.8. The maximum Gasteiger partial charge on any atom is 0.191 e. The number of benzene rings is 1. The van der Waals surface area contributed by atoms with Crippen LogP contribution >= 0.6 is 11.3 Å². The summed E-state index contributed by atoms with van der Waals surface area (Å²) < 4.78 is 5.23. The average molecular weight is 401 g/mol. The second-order valence-electron chi connectivity index (χ2n) is 7.40. The highest BCUT2D eigenvalue weighted by Crippen LogP contribution is 2.36. The van der Waals surface area contributed by atoms with Crippen LogP contribution in [0.5, 0.6) is 0 Å². The molecule has 0 spiro atoms. The molecule has 2 atom stereocenters. The zero-order valence-corrected chi connectivity index (χ0v) is 18.0. The van der Waals surface area contributed by atoms with Crippen LogP contribution in [0.15, 0.2) is 46.8 Å². The van der Waals surface area contributed by atoms with E-state index in [0.717, 1.165) is 19.0 Å². The summed E-state index contributed by atoms with van der Waals surface area (Å²) in [7, 11) is 5.81. The molecule has 2 heterocycles. The van der Waals surface area contributed by atoms with E-state index < -0.39 is 0 Å². The van der Waals surface area contributed by atoms with Gasteiger partial charge in [0.25, 0.3) is 0 Å². The number of piperidine rings is 1. The van der Waals surface area contributed by atoms with Crippen molar-refractivity contribution in [2.45, 2.75) is 32.0 Å². The van der Waals surface area contributed by atoms with Crippen LogP contribution in [0.4, 0.5) is 0 Å². The molecule has 3 rings (SSSR count). The Hall–Kier alpha value is -1.89. The third-order valence-corrected chi connectivity index (χ3v) is 6.30. The maximum absolute atomic E-state index is 5.23. The highest BCUT2D eigenvalue weighted by Gasteiger charge is 2.31. The Morgan fingerprint density at radius 3 is 2.86 bits per heavy atom. The molecule has 152 valence electrons. The fraction of sp³-hybridized carbons (Fsp3) is 0.500. The van der Waals surface area contributed by atoms with Gasteiger partial charge in [0.15, 0.2) is 5.96 Å². The Kier molecular flexibility index (Phi) is 7.89. The lowest BCUT2D eigenvalue weighted by Gasteiger charge is -2.39. The lowest BCUT2D eigenvalue weighted by Crippen LogP contribution is -2.44. The molecule has 1 saturated heterocycles. The molecule has 5 nitrogen and oxygen atoms in total. The Bertz CT molecular complexity index is 747. The van der Waals surface area contributed by atoms with Crippen LogP contribution in [0.3, 0.4) is 0 Å². The molecular weight excluding hydrogens is 368 g/mol. The topological polar surface area (TPSA) is 48.9 Å². The number of hydrogen-bond donors (Lipinski definition) is 2. The second kappa shape index (κ2) is 10.6. The molecule has 1 aromatic carbocycles. The van der Waals surface area contributed by atoms with Crippen LogP contribution in [0.2, 0.25) is 0 Å². The van der Waals surface area contributed by atoms with E-state index in [1.807, 2.05) is 18.4 Å². The van der Waals surface area contributed by atoms with Crippen molar-refractivity contribution in [3.63, 3.8) is 0 Å². The van der Waals surface area contributed by atoms with Crippen LogP contribution in [-0.4, -0.2) is 45.2 Å². The fourth-order valence-electron chi connectivity index (χ4n) is 4.01. The number of likely N-dealkylation sites (tertiary alicyclic amines) is 1. The van der Waals surface area contributed by atoms with E-state index in [0.29, 0.717) is 18.6 Å². The summed E-state index contributed by atoms with van der Waals surface area (Å²) >= 11 is 1.86. The predicted octanol–water partition coefficient (Wildman–Crippen LogP) is 3.64. The van der Waals surface area contributed by atoms with E-state index in [1.54, 1.807) is 7.11 Å². The predicted molar refractivity (Wildman–Crippen MR) is 118 cm³/mol. The maximum atomic E-state index is 5.23. The summed E-state index contributed by atoms with van der Waals surface area (Å²) in [5.74, 6) is 1.44. The normalized spacial score (nSPS) is 20.9. The van der Waals surface area contributed by atoms with Crippen molar-refractivity contribution in [3.05, 3.63) is 57.8 Å². The summed E-state index contributed by atoms with van der Waals surface area (Å²) in [6.45, 7) is 3.48. The van der Waals surface area contributed by atoms with Gasteiger partial charge in [-0.25, -0.2) is 0 Å². The summed E-state index contributed by atoms with van der Waals surface area (Å²) in [6.07, 6.45) is 2.50. The molecule has 28 heavy (non-hydrogen) atoms. The van der Waals surface area contributed by atoms with Gasteiger partial charge in [-0.3, -0.25) is 9.89 Å². The highest BCUT2D eigenvalue weighted by atomic mass is 32.1. The van der Waals surface area contributed by atoms with E-state index in [4.69, 9.17) is 4.74 Å². The van der Waals surface area contributed by atoms with E-state index in [-0.39, 0.29) is 0 Å². The molecule has 0 radical (unpaired) electrons. The molecule has 0 bridgehead atoms. The number of hydrogen-bond acceptors (Lipinski definition) is 4. The number of nitrogens with one attached hydrogen (secondary N) is 2. The van der Waals surface area contributed by atoms with Gasteiger partial charge in [-0.2, -0.15) is 0 Å². The Balaban J connectivity index is 1.55. The molecule has 1 fully saturated rings. The SMILES string of the molecule is CN=C(NCc1cccc(COC)c1)NCC1CCCN(C)C1c1cccs1. The zero-order chi connectivity index (χ0) is 19.8. The average Bonchev–Trinajstić information content (AvgIpc) is 3.23. The zero-order valence-electron chi connectivity index (χ0n) is 17.1. The van der Waals surface area contributed by atoms with Gasteiger partial charge in [0.05, 0.1) is 6.61 Å². The number of methoxy groups -OCH3 is 1. The second-order valence-corrected chi connectivity index (χ2v) is 8.38. The molecule has 2 aromatic rings. The summed E-state index contributed by atoms with van der Waals surface area (Å²) in [4.78, 5) is 8.38. The van der Waals surface area contributed by atoms with E-state index in [1.165, 1.54) is 35.4 Å². The first-order chi connectivity index (χ1) is 13.7. The first kappa shape index (κ1) is 20.8. The van der Waals surface area contributed by atoms with Crippen molar-refractivity contribution in [2.24, 2.45) is 10.9 Å². The van der Waals surface area contributed by atoms with Crippen LogP contribution in [0.1, 0.15) is 34.9 Å². The molecule has 1 aliphatic rings. The minimum atomic E-state index is 0.491. The number of ether oxygens (including phenoxy) is 1. The molecule has 2 N–H and O–H groups in total. The molecule has 1 aliphatic heterocycles. The molecule has 6 heteroatoms. The molecule has 2 unspecified atom stereocenters. The van der Waals surface area contributed by atoms with Gasteiger partial charge < -0.3 is 15.4 Å². The fourth-order valence-corrected chi connectivity index (χ4v) is 5.00. The third-order valence-electron chi connectivity index (χ3n) is 5.36. The molecular formula is C22H32N4OS. The standard InChI is InChI=1S/C22H32N4OS/c1-23-22(24-14-17-7-4-8-18(13-17)16-27-3)25-15-19-9-5-11-26(2)21(19)20-10-6-12-28-20/h4,6-8,10,12-13,19,21H,5,9,11,14-16H2,1-3H3,(H2,23,24,25). The Morgan fingerprint density at radius 2 is 2.11 bits per heavy atom. The Morgan fingerprint density at radius 1 is 1.25 bits per heavy atom. The lowest BCUT2D eigenvalue weighted by atomic mass is 9.88.